The van der Waals surface area contributed by atoms with E-state index in [1.807, 2.05) is 6.07 Å². The predicted molar refractivity (Wildman–Crippen MR) is 72.8 cm³/mol. The van der Waals surface area contributed by atoms with Crippen LogP contribution in [0.3, 0.4) is 0 Å². The van der Waals surface area contributed by atoms with Crippen molar-refractivity contribution in [2.75, 3.05) is 13.6 Å². The third kappa shape index (κ3) is 3.53. The molecule has 0 spiro atoms. The summed E-state index contributed by atoms with van der Waals surface area (Å²) in [5.74, 6) is 0.669. The number of benzene rings is 1. The molecule has 18 heavy (non-hydrogen) atoms. The molecule has 1 saturated carbocycles. The molecule has 0 aliphatic heterocycles. The molecule has 0 radical (unpaired) electrons. The summed E-state index contributed by atoms with van der Waals surface area (Å²) in [6, 6.07) is 7.19. The second-order valence-corrected chi connectivity index (χ2v) is 5.51. The van der Waals surface area contributed by atoms with Crippen LogP contribution >= 0.6 is 0 Å². The number of nitrogens with two attached hydrogens (primary N) is 1. The summed E-state index contributed by atoms with van der Waals surface area (Å²) in [4.78, 5) is 2.37. The molecule has 0 heterocycles. The maximum absolute atomic E-state index is 13.1. The van der Waals surface area contributed by atoms with Crippen LogP contribution in [0.4, 0.5) is 4.39 Å². The molecule has 0 bridgehead atoms. The molecule has 1 aromatic carbocycles. The average molecular weight is 250 g/mol. The smallest absolute Gasteiger partial charge is 0.123 e. The van der Waals surface area contributed by atoms with Gasteiger partial charge in [0.25, 0.3) is 0 Å². The lowest BCUT2D eigenvalue weighted by molar-refractivity contribution is 0.226. The summed E-state index contributed by atoms with van der Waals surface area (Å²) in [5.41, 5.74) is 7.00. The maximum Gasteiger partial charge on any atom is 0.123 e. The first kappa shape index (κ1) is 13.5. The quantitative estimate of drug-likeness (QED) is 0.841. The highest BCUT2D eigenvalue weighted by Gasteiger charge is 2.30. The van der Waals surface area contributed by atoms with Crippen molar-refractivity contribution in [3.05, 3.63) is 35.6 Å². The van der Waals surface area contributed by atoms with E-state index in [9.17, 15) is 4.39 Å². The molecule has 0 saturated heterocycles. The molecule has 100 valence electrons. The Balaban J connectivity index is 1.82. The van der Waals surface area contributed by atoms with Crippen molar-refractivity contribution in [1.82, 2.24) is 4.90 Å². The molecule has 2 rings (SSSR count). The van der Waals surface area contributed by atoms with Crippen LogP contribution in [0.25, 0.3) is 0 Å². The Morgan fingerprint density at radius 3 is 2.78 bits per heavy atom. The molecule has 1 aromatic rings. The van der Waals surface area contributed by atoms with Crippen LogP contribution in [-0.4, -0.2) is 24.5 Å². The molecule has 2 unspecified atom stereocenters. The van der Waals surface area contributed by atoms with Crippen molar-refractivity contribution >= 4 is 0 Å². The van der Waals surface area contributed by atoms with E-state index in [0.29, 0.717) is 6.04 Å². The third-order valence-corrected chi connectivity index (χ3v) is 4.07. The summed E-state index contributed by atoms with van der Waals surface area (Å²) in [5, 5.41) is 0. The first-order valence-electron chi connectivity index (χ1n) is 6.79. The Bertz CT molecular complexity index is 390. The molecule has 1 aliphatic carbocycles. The molecule has 2 atom stereocenters. The minimum atomic E-state index is -0.206. The van der Waals surface area contributed by atoms with E-state index in [1.54, 1.807) is 6.07 Å². The van der Waals surface area contributed by atoms with Crippen molar-refractivity contribution in [2.24, 2.45) is 11.7 Å². The fourth-order valence-electron chi connectivity index (χ4n) is 2.39. The summed E-state index contributed by atoms with van der Waals surface area (Å²) in [6.07, 6.45) is 3.60. The Hall–Kier alpha value is -0.930. The molecule has 2 nitrogen and oxygen atoms in total. The number of halogens is 1. The van der Waals surface area contributed by atoms with Gasteiger partial charge in [0.1, 0.15) is 5.82 Å². The van der Waals surface area contributed by atoms with Gasteiger partial charge in [0.05, 0.1) is 0 Å². The van der Waals surface area contributed by atoms with Gasteiger partial charge in [0, 0.05) is 12.1 Å². The number of nitrogens with zero attached hydrogens (tertiary/aromatic N) is 1. The van der Waals surface area contributed by atoms with Crippen LogP contribution in [0.15, 0.2) is 24.3 Å². The van der Waals surface area contributed by atoms with Crippen LogP contribution in [0.2, 0.25) is 0 Å². The minimum Gasteiger partial charge on any atom is -0.324 e. The van der Waals surface area contributed by atoms with E-state index in [2.05, 4.69) is 18.9 Å². The van der Waals surface area contributed by atoms with Crippen LogP contribution < -0.4 is 5.73 Å². The fraction of sp³-hybridized carbons (Fsp3) is 0.600. The fourth-order valence-corrected chi connectivity index (χ4v) is 2.39. The van der Waals surface area contributed by atoms with E-state index in [4.69, 9.17) is 5.73 Å². The van der Waals surface area contributed by atoms with Gasteiger partial charge in [-0.1, -0.05) is 12.1 Å². The highest BCUT2D eigenvalue weighted by Crippen LogP contribution is 2.34. The molecule has 0 aromatic heterocycles. The topological polar surface area (TPSA) is 29.3 Å². The Morgan fingerprint density at radius 1 is 1.44 bits per heavy atom. The van der Waals surface area contributed by atoms with Crippen LogP contribution in [-0.2, 0) is 0 Å². The zero-order valence-corrected chi connectivity index (χ0v) is 11.3. The van der Waals surface area contributed by atoms with Crippen molar-refractivity contribution in [2.45, 2.75) is 38.3 Å². The molecule has 2 N–H and O–H groups in total. The monoisotopic (exact) mass is 250 g/mol. The Labute approximate surface area is 109 Å². The van der Waals surface area contributed by atoms with E-state index < -0.39 is 0 Å². The SMILES string of the molecule is CC(C1CC1)N(C)CCC(N)c1cccc(F)c1. The maximum atomic E-state index is 13.1. The Morgan fingerprint density at radius 2 is 2.17 bits per heavy atom. The molecular weight excluding hydrogens is 227 g/mol. The average Bonchev–Trinajstić information content (AvgIpc) is 3.18. The lowest BCUT2D eigenvalue weighted by Gasteiger charge is -2.26. The molecule has 1 aliphatic rings. The van der Waals surface area contributed by atoms with Crippen molar-refractivity contribution in [3.63, 3.8) is 0 Å². The lowest BCUT2D eigenvalue weighted by atomic mass is 10.0. The molecular formula is C15H23FN2. The van der Waals surface area contributed by atoms with Gasteiger partial charge < -0.3 is 10.6 Å². The van der Waals surface area contributed by atoms with Crippen LogP contribution in [0, 0.1) is 11.7 Å². The third-order valence-electron chi connectivity index (χ3n) is 4.07. The normalized spacial score (nSPS) is 18.9. The van der Waals surface area contributed by atoms with Gasteiger partial charge in [-0.05, 0) is 63.4 Å². The highest BCUT2D eigenvalue weighted by molar-refractivity contribution is 5.19. The zero-order valence-electron chi connectivity index (χ0n) is 11.3. The Kier molecular flexibility index (Phi) is 4.36. The van der Waals surface area contributed by atoms with E-state index in [1.165, 1.54) is 25.0 Å². The van der Waals surface area contributed by atoms with Crippen molar-refractivity contribution in [1.29, 1.82) is 0 Å². The van der Waals surface area contributed by atoms with Gasteiger partial charge >= 0.3 is 0 Å². The summed E-state index contributed by atoms with van der Waals surface area (Å²) in [7, 11) is 2.15. The summed E-state index contributed by atoms with van der Waals surface area (Å²) >= 11 is 0. The molecule has 3 heteroatoms. The first-order chi connectivity index (χ1) is 8.58. The van der Waals surface area contributed by atoms with Crippen molar-refractivity contribution < 1.29 is 4.39 Å². The van der Waals surface area contributed by atoms with Gasteiger partial charge in [-0.25, -0.2) is 4.39 Å². The lowest BCUT2D eigenvalue weighted by Crippen LogP contribution is -2.33. The second kappa shape index (κ2) is 5.81. The first-order valence-corrected chi connectivity index (χ1v) is 6.79. The number of hydrogen-bond donors (Lipinski definition) is 1. The molecule has 0 amide bonds. The minimum absolute atomic E-state index is 0.0745. The van der Waals surface area contributed by atoms with Gasteiger partial charge in [-0.3, -0.25) is 0 Å². The van der Waals surface area contributed by atoms with E-state index in [0.717, 1.165) is 24.4 Å². The van der Waals surface area contributed by atoms with E-state index in [-0.39, 0.29) is 11.9 Å². The number of rotatable bonds is 6. The van der Waals surface area contributed by atoms with Gasteiger partial charge in [0.2, 0.25) is 0 Å². The van der Waals surface area contributed by atoms with Crippen molar-refractivity contribution in [3.8, 4) is 0 Å². The largest absolute Gasteiger partial charge is 0.324 e. The van der Waals surface area contributed by atoms with Gasteiger partial charge in [-0.15, -0.1) is 0 Å². The van der Waals surface area contributed by atoms with Gasteiger partial charge in [0.15, 0.2) is 0 Å². The summed E-state index contributed by atoms with van der Waals surface area (Å²) in [6.45, 7) is 3.25. The number of hydrogen-bond acceptors (Lipinski definition) is 2. The predicted octanol–water partition coefficient (Wildman–Crippen LogP) is 2.95. The highest BCUT2D eigenvalue weighted by atomic mass is 19.1. The van der Waals surface area contributed by atoms with Crippen LogP contribution in [0.1, 0.15) is 37.8 Å². The zero-order chi connectivity index (χ0) is 13.1. The standard InChI is InChI=1S/C15H23FN2/c1-11(12-6-7-12)18(2)9-8-15(17)13-4-3-5-14(16)10-13/h3-5,10-12,15H,6-9,17H2,1-2H3. The second-order valence-electron chi connectivity index (χ2n) is 5.51. The van der Waals surface area contributed by atoms with Gasteiger partial charge in [-0.2, -0.15) is 0 Å². The summed E-state index contributed by atoms with van der Waals surface area (Å²) < 4.78 is 13.1. The van der Waals surface area contributed by atoms with E-state index >= 15 is 0 Å². The van der Waals surface area contributed by atoms with Crippen LogP contribution in [0.5, 0.6) is 0 Å². The molecule has 1 fully saturated rings.